The average molecular weight is 572 g/mol. The Balaban J connectivity index is 1.33. The van der Waals surface area contributed by atoms with Crippen molar-refractivity contribution in [2.24, 2.45) is 0 Å². The van der Waals surface area contributed by atoms with Gasteiger partial charge in [-0.3, -0.25) is 0 Å². The standard InChI is InChI=1S/C27H34Cl4N4O/c28-21-5-7-24(30)26(17-21)33-27(36)32-18-20(19-4-6-23(29)25(31)16-19)8-13-34-14-9-22(10-15-34)35-11-2-1-3-12-35/h4-7,16-17,20,22H,1-3,8-15,18H2,(H2,32,33,36). The van der Waals surface area contributed by atoms with Crippen molar-refractivity contribution in [3.05, 3.63) is 62.1 Å². The Morgan fingerprint density at radius 2 is 1.61 bits per heavy atom. The summed E-state index contributed by atoms with van der Waals surface area (Å²) >= 11 is 24.7. The maximum atomic E-state index is 12.6. The Morgan fingerprint density at radius 1 is 0.889 bits per heavy atom. The molecule has 2 aliphatic heterocycles. The van der Waals surface area contributed by atoms with E-state index in [0.29, 0.717) is 32.3 Å². The molecule has 0 aliphatic carbocycles. The van der Waals surface area contributed by atoms with Gasteiger partial charge in [-0.2, -0.15) is 0 Å². The van der Waals surface area contributed by atoms with Gasteiger partial charge < -0.3 is 20.4 Å². The van der Waals surface area contributed by atoms with Gasteiger partial charge in [0.1, 0.15) is 0 Å². The minimum absolute atomic E-state index is 0.0974. The molecule has 2 aromatic rings. The van der Waals surface area contributed by atoms with Gasteiger partial charge in [-0.1, -0.05) is 58.9 Å². The molecule has 36 heavy (non-hydrogen) atoms. The highest BCUT2D eigenvalue weighted by atomic mass is 35.5. The third-order valence-electron chi connectivity index (χ3n) is 7.36. The SMILES string of the molecule is O=C(NCC(CCN1CCC(N2CCCCC2)CC1)c1ccc(Cl)c(Cl)c1)Nc1cc(Cl)ccc1Cl. The van der Waals surface area contributed by atoms with Crippen molar-refractivity contribution < 1.29 is 4.79 Å². The Bertz CT molecular complexity index is 1020. The summed E-state index contributed by atoms with van der Waals surface area (Å²) in [6.07, 6.45) is 7.44. The molecular formula is C27H34Cl4N4O. The second kappa shape index (κ2) is 13.5. The number of amides is 2. The van der Waals surface area contributed by atoms with Gasteiger partial charge >= 0.3 is 6.03 Å². The molecule has 2 N–H and O–H groups in total. The largest absolute Gasteiger partial charge is 0.337 e. The van der Waals surface area contributed by atoms with Gasteiger partial charge in [-0.25, -0.2) is 4.79 Å². The number of urea groups is 1. The van der Waals surface area contributed by atoms with Gasteiger partial charge in [0.2, 0.25) is 0 Å². The number of piperidine rings is 2. The van der Waals surface area contributed by atoms with E-state index < -0.39 is 0 Å². The Hall–Kier alpha value is -1.21. The third-order valence-corrected chi connectivity index (χ3v) is 8.66. The fraction of sp³-hybridized carbons (Fsp3) is 0.519. The number of carbonyl (C=O) groups excluding carboxylic acids is 1. The first kappa shape index (κ1) is 27.8. The highest BCUT2D eigenvalue weighted by Crippen LogP contribution is 2.29. The van der Waals surface area contributed by atoms with Gasteiger partial charge in [0.25, 0.3) is 0 Å². The van der Waals surface area contributed by atoms with Crippen LogP contribution in [0, 0.1) is 0 Å². The molecule has 4 rings (SSSR count). The zero-order valence-electron chi connectivity index (χ0n) is 20.4. The number of nitrogens with zero attached hydrogens (tertiary/aromatic N) is 2. The van der Waals surface area contributed by atoms with E-state index in [2.05, 4.69) is 20.4 Å². The van der Waals surface area contributed by atoms with Crippen LogP contribution in [0.15, 0.2) is 36.4 Å². The van der Waals surface area contributed by atoms with Gasteiger partial charge in [0.15, 0.2) is 0 Å². The Kier molecular flexibility index (Phi) is 10.5. The van der Waals surface area contributed by atoms with Crippen LogP contribution in [0.5, 0.6) is 0 Å². The second-order valence-corrected chi connectivity index (χ2v) is 11.4. The molecule has 0 spiro atoms. The number of hydrogen-bond donors (Lipinski definition) is 2. The average Bonchev–Trinajstić information content (AvgIpc) is 2.89. The number of nitrogens with one attached hydrogen (secondary N) is 2. The van der Waals surface area contributed by atoms with Crippen molar-refractivity contribution >= 4 is 58.1 Å². The smallest absolute Gasteiger partial charge is 0.319 e. The fourth-order valence-corrected chi connectivity index (χ4v) is 5.90. The van der Waals surface area contributed by atoms with E-state index >= 15 is 0 Å². The van der Waals surface area contributed by atoms with Crippen LogP contribution in [0.1, 0.15) is 50.0 Å². The summed E-state index contributed by atoms with van der Waals surface area (Å²) in [5, 5.41) is 7.78. The highest BCUT2D eigenvalue weighted by molar-refractivity contribution is 6.42. The monoisotopic (exact) mass is 570 g/mol. The molecule has 2 aliphatic rings. The lowest BCUT2D eigenvalue weighted by Crippen LogP contribution is -2.47. The van der Waals surface area contributed by atoms with E-state index in [-0.39, 0.29) is 11.9 Å². The summed E-state index contributed by atoms with van der Waals surface area (Å²) in [5.41, 5.74) is 1.54. The maximum Gasteiger partial charge on any atom is 0.319 e. The first-order chi connectivity index (χ1) is 17.4. The normalized spacial score (nSPS) is 18.7. The predicted octanol–water partition coefficient (Wildman–Crippen LogP) is 7.55. The Labute approximate surface area is 234 Å². The fourth-order valence-electron chi connectivity index (χ4n) is 5.26. The highest BCUT2D eigenvalue weighted by Gasteiger charge is 2.26. The summed E-state index contributed by atoms with van der Waals surface area (Å²) in [4.78, 5) is 17.9. The lowest BCUT2D eigenvalue weighted by Gasteiger charge is -2.40. The van der Waals surface area contributed by atoms with E-state index in [1.807, 2.05) is 18.2 Å². The molecule has 2 amide bonds. The lowest BCUT2D eigenvalue weighted by molar-refractivity contribution is 0.0912. The first-order valence-electron chi connectivity index (χ1n) is 12.8. The molecule has 9 heteroatoms. The van der Waals surface area contributed by atoms with E-state index in [4.69, 9.17) is 46.4 Å². The van der Waals surface area contributed by atoms with Crippen molar-refractivity contribution in [2.75, 3.05) is 44.6 Å². The number of likely N-dealkylation sites (tertiary alicyclic amines) is 2. The number of benzene rings is 2. The summed E-state index contributed by atoms with van der Waals surface area (Å²) in [6, 6.07) is 11.1. The predicted molar refractivity (Wildman–Crippen MR) is 152 cm³/mol. The van der Waals surface area contributed by atoms with Crippen molar-refractivity contribution in [3.8, 4) is 0 Å². The first-order valence-corrected chi connectivity index (χ1v) is 14.3. The molecule has 0 bridgehead atoms. The minimum atomic E-state index is -0.327. The summed E-state index contributed by atoms with van der Waals surface area (Å²) in [5.74, 6) is 0.0974. The van der Waals surface area contributed by atoms with E-state index in [1.54, 1.807) is 18.2 Å². The zero-order chi connectivity index (χ0) is 25.5. The molecular weight excluding hydrogens is 538 g/mol. The number of hydrogen-bond acceptors (Lipinski definition) is 3. The number of anilines is 1. The molecule has 196 valence electrons. The molecule has 1 atom stereocenters. The van der Waals surface area contributed by atoms with Crippen LogP contribution in [-0.2, 0) is 0 Å². The van der Waals surface area contributed by atoms with Crippen LogP contribution >= 0.6 is 46.4 Å². The van der Waals surface area contributed by atoms with Crippen molar-refractivity contribution in [1.82, 2.24) is 15.1 Å². The Morgan fingerprint density at radius 3 is 2.33 bits per heavy atom. The molecule has 2 heterocycles. The molecule has 2 aromatic carbocycles. The molecule has 5 nitrogen and oxygen atoms in total. The van der Waals surface area contributed by atoms with Crippen LogP contribution in [0.2, 0.25) is 20.1 Å². The number of halogens is 4. The van der Waals surface area contributed by atoms with Crippen LogP contribution < -0.4 is 10.6 Å². The molecule has 0 radical (unpaired) electrons. The second-order valence-electron chi connectivity index (χ2n) is 9.79. The van der Waals surface area contributed by atoms with E-state index in [0.717, 1.165) is 37.7 Å². The van der Waals surface area contributed by atoms with E-state index in [1.165, 1.54) is 45.2 Å². The van der Waals surface area contributed by atoms with Crippen molar-refractivity contribution in [1.29, 1.82) is 0 Å². The molecule has 0 aromatic heterocycles. The zero-order valence-corrected chi connectivity index (χ0v) is 23.4. The molecule has 0 saturated carbocycles. The van der Waals surface area contributed by atoms with Gasteiger partial charge in [-0.15, -0.1) is 0 Å². The van der Waals surface area contributed by atoms with Crippen LogP contribution in [0.4, 0.5) is 10.5 Å². The third kappa shape index (κ3) is 7.89. The van der Waals surface area contributed by atoms with Gasteiger partial charge in [0.05, 0.1) is 20.8 Å². The minimum Gasteiger partial charge on any atom is -0.337 e. The van der Waals surface area contributed by atoms with Crippen LogP contribution in [-0.4, -0.2) is 61.1 Å². The summed E-state index contributed by atoms with van der Waals surface area (Å²) in [7, 11) is 0. The van der Waals surface area contributed by atoms with Crippen molar-refractivity contribution in [2.45, 2.75) is 50.5 Å². The van der Waals surface area contributed by atoms with Gasteiger partial charge in [0, 0.05) is 23.5 Å². The summed E-state index contributed by atoms with van der Waals surface area (Å²) in [6.45, 7) is 6.20. The summed E-state index contributed by atoms with van der Waals surface area (Å²) < 4.78 is 0. The lowest BCUT2D eigenvalue weighted by atomic mass is 9.94. The van der Waals surface area contributed by atoms with Crippen LogP contribution in [0.25, 0.3) is 0 Å². The quantitative estimate of drug-likeness (QED) is 0.344. The van der Waals surface area contributed by atoms with E-state index in [9.17, 15) is 4.79 Å². The molecule has 2 fully saturated rings. The molecule has 1 unspecified atom stereocenters. The number of rotatable bonds is 8. The topological polar surface area (TPSA) is 47.6 Å². The van der Waals surface area contributed by atoms with Crippen molar-refractivity contribution in [3.63, 3.8) is 0 Å². The van der Waals surface area contributed by atoms with Crippen LogP contribution in [0.3, 0.4) is 0 Å². The maximum absolute atomic E-state index is 12.6. The molecule has 2 saturated heterocycles. The van der Waals surface area contributed by atoms with Gasteiger partial charge in [-0.05, 0) is 101 Å². The number of carbonyl (C=O) groups is 1.